The minimum atomic E-state index is -1.02. The largest absolute Gasteiger partial charge is 0.347 e. The normalized spacial score (nSPS) is 10.6. The lowest BCUT2D eigenvalue weighted by atomic mass is 10.2. The van der Waals surface area contributed by atoms with Crippen LogP contribution in [0, 0.1) is 11.6 Å². The Morgan fingerprint density at radius 3 is 2.64 bits per heavy atom. The molecule has 3 aromatic rings. The van der Waals surface area contributed by atoms with E-state index in [2.05, 4.69) is 10.7 Å². The summed E-state index contributed by atoms with van der Waals surface area (Å²) in [5, 5.41) is 8.81. The predicted octanol–water partition coefficient (Wildman–Crippen LogP) is 4.68. The number of amides is 1. The van der Waals surface area contributed by atoms with E-state index in [1.165, 1.54) is 6.07 Å². The molecule has 0 unspecified atom stereocenters. The molecular weight excluding hydrogens is 324 g/mol. The van der Waals surface area contributed by atoms with Crippen LogP contribution in [0.25, 0.3) is 11.1 Å². The van der Waals surface area contributed by atoms with Gasteiger partial charge in [-0.25, -0.2) is 8.78 Å². The molecule has 1 N–H and O–H groups in total. The first kappa shape index (κ1) is 14.9. The maximum Gasteiger partial charge on any atom is 0.251 e. The molecule has 3 rings (SSSR count). The molecule has 1 aromatic carbocycles. The number of rotatable bonds is 4. The monoisotopic (exact) mass is 335 g/mol. The molecule has 0 bridgehead atoms. The van der Waals surface area contributed by atoms with Gasteiger partial charge in [0.2, 0.25) is 0 Å². The van der Waals surface area contributed by atoms with Crippen molar-refractivity contribution in [3.63, 3.8) is 0 Å². The molecule has 112 valence electrons. The summed E-state index contributed by atoms with van der Waals surface area (Å²) in [6.45, 7) is 0.354. The number of benzene rings is 1. The highest BCUT2D eigenvalue weighted by atomic mass is 32.1. The topological polar surface area (TPSA) is 29.1 Å². The Morgan fingerprint density at radius 1 is 1.05 bits per heavy atom. The van der Waals surface area contributed by atoms with E-state index in [1.54, 1.807) is 22.7 Å². The Bertz CT molecular complexity index is 796. The first-order valence-corrected chi connectivity index (χ1v) is 8.29. The van der Waals surface area contributed by atoms with Gasteiger partial charge < -0.3 is 5.32 Å². The van der Waals surface area contributed by atoms with Crippen molar-refractivity contribution in [2.45, 2.75) is 6.54 Å². The minimum Gasteiger partial charge on any atom is -0.347 e. The Kier molecular flexibility index (Phi) is 4.31. The van der Waals surface area contributed by atoms with Crippen molar-refractivity contribution in [1.82, 2.24) is 5.32 Å². The summed E-state index contributed by atoms with van der Waals surface area (Å²) in [6, 6.07) is 7.16. The first-order chi connectivity index (χ1) is 10.6. The molecule has 1 amide bonds. The Morgan fingerprint density at radius 2 is 1.91 bits per heavy atom. The Balaban J connectivity index is 1.65. The van der Waals surface area contributed by atoms with Gasteiger partial charge in [0.25, 0.3) is 5.91 Å². The second kappa shape index (κ2) is 6.37. The summed E-state index contributed by atoms with van der Waals surface area (Å²) < 4.78 is 26.0. The number of nitrogens with one attached hydrogen (secondary N) is 1. The fourth-order valence-electron chi connectivity index (χ4n) is 1.96. The molecule has 0 radical (unpaired) electrons. The van der Waals surface area contributed by atoms with Crippen molar-refractivity contribution in [2.24, 2.45) is 0 Å². The van der Waals surface area contributed by atoms with Gasteiger partial charge in [0.15, 0.2) is 11.6 Å². The average molecular weight is 335 g/mol. The number of carbonyl (C=O) groups is 1. The van der Waals surface area contributed by atoms with Crippen molar-refractivity contribution in [3.8, 4) is 11.1 Å². The maximum atomic E-state index is 13.1. The maximum absolute atomic E-state index is 13.1. The number of thiophene rings is 2. The Labute approximate surface area is 134 Å². The van der Waals surface area contributed by atoms with Crippen LogP contribution in [0.4, 0.5) is 8.78 Å². The molecule has 2 nitrogen and oxygen atoms in total. The molecule has 0 atom stereocenters. The molecule has 0 spiro atoms. The number of carbonyl (C=O) groups excluding carboxylic acids is 1. The molecule has 0 fully saturated rings. The quantitative estimate of drug-likeness (QED) is 0.736. The third-order valence-corrected chi connectivity index (χ3v) is 4.73. The molecule has 0 aliphatic rings. The minimum absolute atomic E-state index is 0.105. The van der Waals surface area contributed by atoms with E-state index in [0.717, 1.165) is 28.1 Å². The van der Waals surface area contributed by atoms with Crippen LogP contribution in [0.1, 0.15) is 15.2 Å². The number of hydrogen-bond acceptors (Lipinski definition) is 3. The van der Waals surface area contributed by atoms with Gasteiger partial charge in [0.05, 0.1) is 6.54 Å². The fraction of sp³-hybridized carbons (Fsp3) is 0.0625. The predicted molar refractivity (Wildman–Crippen MR) is 85.2 cm³/mol. The third kappa shape index (κ3) is 3.23. The van der Waals surface area contributed by atoms with E-state index in [9.17, 15) is 13.6 Å². The number of hydrogen-bond donors (Lipinski definition) is 1. The van der Waals surface area contributed by atoms with Gasteiger partial charge in [-0.3, -0.25) is 4.79 Å². The van der Waals surface area contributed by atoms with Crippen LogP contribution in [0.5, 0.6) is 0 Å². The fourth-order valence-corrected chi connectivity index (χ4v) is 3.46. The summed E-state index contributed by atoms with van der Waals surface area (Å²) in [4.78, 5) is 12.9. The molecule has 0 saturated heterocycles. The van der Waals surface area contributed by atoms with E-state index in [1.807, 2.05) is 22.9 Å². The van der Waals surface area contributed by atoms with Crippen LogP contribution in [-0.2, 0) is 6.54 Å². The van der Waals surface area contributed by atoms with Gasteiger partial charge in [-0.05, 0) is 57.6 Å². The van der Waals surface area contributed by atoms with Crippen LogP contribution >= 0.6 is 22.7 Å². The third-order valence-electron chi connectivity index (χ3n) is 3.11. The second-order valence-corrected chi connectivity index (χ2v) is 6.40. The van der Waals surface area contributed by atoms with Gasteiger partial charge in [0.1, 0.15) is 0 Å². The van der Waals surface area contributed by atoms with Crippen LogP contribution in [0.2, 0.25) is 0 Å². The lowest BCUT2D eigenvalue weighted by Gasteiger charge is -2.04. The van der Waals surface area contributed by atoms with Crippen molar-refractivity contribution in [2.75, 3.05) is 0 Å². The van der Waals surface area contributed by atoms with Crippen LogP contribution < -0.4 is 5.32 Å². The molecule has 6 heteroatoms. The summed E-state index contributed by atoms with van der Waals surface area (Å²) in [5.41, 5.74) is 2.37. The highest BCUT2D eigenvalue weighted by Gasteiger charge is 2.10. The molecule has 0 aliphatic heterocycles. The van der Waals surface area contributed by atoms with Gasteiger partial charge >= 0.3 is 0 Å². The summed E-state index contributed by atoms with van der Waals surface area (Å²) in [5.74, 6) is -2.41. The van der Waals surface area contributed by atoms with E-state index >= 15 is 0 Å². The van der Waals surface area contributed by atoms with Gasteiger partial charge in [0, 0.05) is 10.4 Å². The van der Waals surface area contributed by atoms with Crippen molar-refractivity contribution in [3.05, 3.63) is 68.5 Å². The standard InChI is InChI=1S/C16H11F2NOS2/c17-14-2-1-10(6-15(14)18)16(20)19-7-13-5-12(9-22-13)11-3-4-21-8-11/h1-6,8-9H,7H2,(H,19,20). The second-order valence-electron chi connectivity index (χ2n) is 4.63. The van der Waals surface area contributed by atoms with Gasteiger partial charge in [-0.1, -0.05) is 0 Å². The summed E-state index contributed by atoms with van der Waals surface area (Å²) >= 11 is 3.18. The van der Waals surface area contributed by atoms with Crippen molar-refractivity contribution in [1.29, 1.82) is 0 Å². The van der Waals surface area contributed by atoms with E-state index < -0.39 is 17.5 Å². The van der Waals surface area contributed by atoms with Crippen LogP contribution in [-0.4, -0.2) is 5.91 Å². The molecule has 0 aliphatic carbocycles. The lowest BCUT2D eigenvalue weighted by molar-refractivity contribution is 0.0950. The van der Waals surface area contributed by atoms with E-state index in [-0.39, 0.29) is 5.56 Å². The van der Waals surface area contributed by atoms with E-state index in [0.29, 0.717) is 6.54 Å². The van der Waals surface area contributed by atoms with Crippen LogP contribution in [0.3, 0.4) is 0 Å². The average Bonchev–Trinajstić information content (AvgIpc) is 3.18. The van der Waals surface area contributed by atoms with Crippen molar-refractivity contribution < 1.29 is 13.6 Å². The highest BCUT2D eigenvalue weighted by Crippen LogP contribution is 2.27. The SMILES string of the molecule is O=C(NCc1cc(-c2ccsc2)cs1)c1ccc(F)c(F)c1. The Hall–Kier alpha value is -2.05. The van der Waals surface area contributed by atoms with E-state index in [4.69, 9.17) is 0 Å². The zero-order valence-corrected chi connectivity index (χ0v) is 12.9. The molecule has 2 heterocycles. The summed E-state index contributed by atoms with van der Waals surface area (Å²) in [6.07, 6.45) is 0. The summed E-state index contributed by atoms with van der Waals surface area (Å²) in [7, 11) is 0. The highest BCUT2D eigenvalue weighted by molar-refractivity contribution is 7.10. The molecule has 2 aromatic heterocycles. The van der Waals surface area contributed by atoms with Crippen molar-refractivity contribution >= 4 is 28.6 Å². The number of halogens is 2. The smallest absolute Gasteiger partial charge is 0.251 e. The zero-order valence-electron chi connectivity index (χ0n) is 11.3. The molecule has 0 saturated carbocycles. The van der Waals surface area contributed by atoms with Gasteiger partial charge in [-0.2, -0.15) is 11.3 Å². The molecular formula is C16H11F2NOS2. The van der Waals surface area contributed by atoms with Gasteiger partial charge in [-0.15, -0.1) is 11.3 Å². The molecule has 22 heavy (non-hydrogen) atoms. The van der Waals surface area contributed by atoms with Crippen LogP contribution in [0.15, 0.2) is 46.5 Å². The first-order valence-electron chi connectivity index (χ1n) is 6.47. The lowest BCUT2D eigenvalue weighted by Crippen LogP contribution is -2.22. The zero-order chi connectivity index (χ0) is 15.5.